The second kappa shape index (κ2) is 2.35. The van der Waals surface area contributed by atoms with Gasteiger partial charge in [0.05, 0.1) is 0 Å². The number of hydrogen-bond donors (Lipinski definition) is 0. The molecule has 0 aromatic carbocycles. The standard InChI is InChI=1S/C6H6O3/c1-2-5-3-4-8-6(7)9-5/h2-3H,1,4H2. The van der Waals surface area contributed by atoms with Crippen molar-refractivity contribution in [1.82, 2.24) is 0 Å². The number of ether oxygens (including phenoxy) is 2. The Balaban J connectivity index is 2.63. The lowest BCUT2D eigenvalue weighted by Gasteiger charge is -2.09. The van der Waals surface area contributed by atoms with E-state index in [0.29, 0.717) is 5.76 Å². The highest BCUT2D eigenvalue weighted by Gasteiger charge is 2.09. The highest BCUT2D eigenvalue weighted by Crippen LogP contribution is 2.05. The van der Waals surface area contributed by atoms with Crippen LogP contribution in [0.5, 0.6) is 0 Å². The van der Waals surface area contributed by atoms with Crippen molar-refractivity contribution in [1.29, 1.82) is 0 Å². The van der Waals surface area contributed by atoms with E-state index in [1.54, 1.807) is 6.08 Å². The van der Waals surface area contributed by atoms with Gasteiger partial charge in [0.25, 0.3) is 0 Å². The van der Waals surface area contributed by atoms with Crippen LogP contribution in [0, 0.1) is 0 Å². The number of cyclic esters (lactones) is 2. The molecule has 0 radical (unpaired) electrons. The number of allylic oxidation sites excluding steroid dienone is 1. The molecule has 0 bridgehead atoms. The molecule has 1 heterocycles. The molecule has 1 aliphatic rings. The van der Waals surface area contributed by atoms with Crippen molar-refractivity contribution in [3.63, 3.8) is 0 Å². The molecule has 0 atom stereocenters. The van der Waals surface area contributed by atoms with E-state index < -0.39 is 6.16 Å². The first kappa shape index (κ1) is 5.88. The third-order valence-electron chi connectivity index (χ3n) is 0.888. The molecular weight excluding hydrogens is 120 g/mol. The topological polar surface area (TPSA) is 35.5 Å². The van der Waals surface area contributed by atoms with Crippen molar-refractivity contribution in [3.05, 3.63) is 24.5 Å². The maximum absolute atomic E-state index is 10.3. The van der Waals surface area contributed by atoms with E-state index in [0.717, 1.165) is 0 Å². The molecule has 0 aromatic heterocycles. The van der Waals surface area contributed by atoms with Gasteiger partial charge in [-0.05, 0) is 12.2 Å². The average molecular weight is 126 g/mol. The van der Waals surface area contributed by atoms with Crippen LogP contribution in [0.4, 0.5) is 4.79 Å². The Labute approximate surface area is 52.6 Å². The van der Waals surface area contributed by atoms with Crippen LogP contribution in [0.15, 0.2) is 24.5 Å². The van der Waals surface area contributed by atoms with Crippen LogP contribution in [0.2, 0.25) is 0 Å². The van der Waals surface area contributed by atoms with E-state index >= 15 is 0 Å². The van der Waals surface area contributed by atoms with Gasteiger partial charge in [-0.2, -0.15) is 0 Å². The lowest BCUT2D eigenvalue weighted by atomic mass is 10.4. The molecule has 1 aliphatic heterocycles. The Morgan fingerprint density at radius 2 is 2.56 bits per heavy atom. The molecule has 3 nitrogen and oxygen atoms in total. The molecule has 3 heteroatoms. The summed E-state index contributed by atoms with van der Waals surface area (Å²) in [5, 5.41) is 0. The molecule has 0 saturated carbocycles. The maximum atomic E-state index is 10.3. The van der Waals surface area contributed by atoms with Crippen LogP contribution in [0.3, 0.4) is 0 Å². The predicted octanol–water partition coefficient (Wildman–Crippen LogP) is 1.22. The fourth-order valence-electron chi connectivity index (χ4n) is 0.484. The van der Waals surface area contributed by atoms with Crippen LogP contribution in [-0.4, -0.2) is 12.8 Å². The molecular formula is C6H6O3. The summed E-state index contributed by atoms with van der Waals surface area (Å²) in [4.78, 5) is 10.3. The number of rotatable bonds is 1. The first-order chi connectivity index (χ1) is 4.33. The fraction of sp³-hybridized carbons (Fsp3) is 0.167. The minimum atomic E-state index is -0.660. The van der Waals surface area contributed by atoms with Crippen LogP contribution < -0.4 is 0 Å². The molecule has 1 rings (SSSR count). The van der Waals surface area contributed by atoms with Crippen LogP contribution >= 0.6 is 0 Å². The molecule has 0 spiro atoms. The van der Waals surface area contributed by atoms with E-state index in [2.05, 4.69) is 16.1 Å². The van der Waals surface area contributed by atoms with Crippen LogP contribution in [0.25, 0.3) is 0 Å². The summed E-state index contributed by atoms with van der Waals surface area (Å²) in [6, 6.07) is 0. The Hall–Kier alpha value is -1.25. The van der Waals surface area contributed by atoms with Gasteiger partial charge in [0.1, 0.15) is 12.4 Å². The summed E-state index contributed by atoms with van der Waals surface area (Å²) in [5.41, 5.74) is 0. The Kier molecular flexibility index (Phi) is 1.53. The normalized spacial score (nSPS) is 17.3. The lowest BCUT2D eigenvalue weighted by molar-refractivity contribution is 0.0766. The second-order valence-corrected chi connectivity index (χ2v) is 1.47. The van der Waals surface area contributed by atoms with E-state index in [-0.39, 0.29) is 6.61 Å². The molecule has 0 unspecified atom stereocenters. The SMILES string of the molecule is C=CC1=CCOC(=O)O1. The zero-order valence-corrected chi connectivity index (χ0v) is 4.79. The highest BCUT2D eigenvalue weighted by molar-refractivity contribution is 5.63. The highest BCUT2D eigenvalue weighted by atomic mass is 16.7. The number of hydrogen-bond acceptors (Lipinski definition) is 3. The Morgan fingerprint density at radius 1 is 1.78 bits per heavy atom. The summed E-state index contributed by atoms with van der Waals surface area (Å²) in [7, 11) is 0. The number of carbonyl (C=O) groups is 1. The van der Waals surface area contributed by atoms with Crippen LogP contribution in [0.1, 0.15) is 0 Å². The summed E-state index contributed by atoms with van der Waals surface area (Å²) in [5.74, 6) is 0.464. The minimum Gasteiger partial charge on any atom is -0.430 e. The molecule has 48 valence electrons. The average Bonchev–Trinajstić information content (AvgIpc) is 1.88. The smallest absolute Gasteiger partial charge is 0.430 e. The summed E-state index contributed by atoms with van der Waals surface area (Å²) >= 11 is 0. The third-order valence-corrected chi connectivity index (χ3v) is 0.888. The summed E-state index contributed by atoms with van der Waals surface area (Å²) < 4.78 is 8.94. The molecule has 9 heavy (non-hydrogen) atoms. The quantitative estimate of drug-likeness (QED) is 0.495. The van der Waals surface area contributed by atoms with Crippen molar-refractivity contribution in [2.24, 2.45) is 0 Å². The lowest BCUT2D eigenvalue weighted by Crippen LogP contribution is -2.11. The van der Waals surface area contributed by atoms with Gasteiger partial charge in [0.2, 0.25) is 0 Å². The van der Waals surface area contributed by atoms with Crippen molar-refractivity contribution in [3.8, 4) is 0 Å². The molecule has 0 saturated heterocycles. The van der Waals surface area contributed by atoms with Gasteiger partial charge in [-0.25, -0.2) is 4.79 Å². The van der Waals surface area contributed by atoms with Crippen LogP contribution in [-0.2, 0) is 9.47 Å². The minimum absolute atomic E-state index is 0.278. The monoisotopic (exact) mass is 126 g/mol. The first-order valence-electron chi connectivity index (χ1n) is 2.50. The molecule has 0 amide bonds. The molecule has 0 aromatic rings. The predicted molar refractivity (Wildman–Crippen MR) is 30.7 cm³/mol. The van der Waals surface area contributed by atoms with E-state index in [1.165, 1.54) is 6.08 Å². The summed E-state index contributed by atoms with van der Waals surface area (Å²) in [6.45, 7) is 3.70. The zero-order valence-electron chi connectivity index (χ0n) is 4.79. The molecule has 0 fully saturated rings. The van der Waals surface area contributed by atoms with E-state index in [9.17, 15) is 4.79 Å². The van der Waals surface area contributed by atoms with Gasteiger partial charge in [0, 0.05) is 0 Å². The second-order valence-electron chi connectivity index (χ2n) is 1.47. The number of carbonyl (C=O) groups excluding carboxylic acids is 1. The third kappa shape index (κ3) is 1.32. The van der Waals surface area contributed by atoms with Gasteiger partial charge in [-0.3, -0.25) is 0 Å². The van der Waals surface area contributed by atoms with Gasteiger partial charge in [-0.15, -0.1) is 0 Å². The molecule has 0 aliphatic carbocycles. The van der Waals surface area contributed by atoms with Gasteiger partial charge in [0.15, 0.2) is 0 Å². The van der Waals surface area contributed by atoms with Gasteiger partial charge in [-0.1, -0.05) is 6.58 Å². The zero-order chi connectivity index (χ0) is 6.69. The first-order valence-corrected chi connectivity index (χ1v) is 2.50. The van der Waals surface area contributed by atoms with E-state index in [1.807, 2.05) is 0 Å². The summed E-state index contributed by atoms with van der Waals surface area (Å²) in [6.07, 6.45) is 2.43. The molecule has 0 N–H and O–H groups in total. The van der Waals surface area contributed by atoms with E-state index in [4.69, 9.17) is 0 Å². The maximum Gasteiger partial charge on any atom is 0.514 e. The Bertz CT molecular complexity index is 169. The Morgan fingerprint density at radius 3 is 3.00 bits per heavy atom. The van der Waals surface area contributed by atoms with Crippen molar-refractivity contribution in [2.75, 3.05) is 6.61 Å². The van der Waals surface area contributed by atoms with Gasteiger partial charge < -0.3 is 9.47 Å². The van der Waals surface area contributed by atoms with Gasteiger partial charge >= 0.3 is 6.16 Å². The fourth-order valence-corrected chi connectivity index (χ4v) is 0.484. The van der Waals surface area contributed by atoms with Crippen molar-refractivity contribution < 1.29 is 14.3 Å². The van der Waals surface area contributed by atoms with Crippen molar-refractivity contribution >= 4 is 6.16 Å². The van der Waals surface area contributed by atoms with Crippen molar-refractivity contribution in [2.45, 2.75) is 0 Å². The largest absolute Gasteiger partial charge is 0.514 e.